The van der Waals surface area contributed by atoms with E-state index in [-0.39, 0.29) is 23.8 Å². The first-order valence-electron chi connectivity index (χ1n) is 8.62. The standard InChI is InChI=1S/C18H25N3O3/c1-24-15-6-4-5-14(10-15)17(22)20-12-13-9-16(19-11-13)18(23)21-7-2-3-8-21/h4-6,10,13,16,19H,2-3,7-9,11-12H2,1H3,(H,20,22)/t13-,16-/m0/s1. The van der Waals surface area contributed by atoms with Crippen molar-refractivity contribution < 1.29 is 14.3 Å². The molecule has 0 unspecified atom stereocenters. The van der Waals surface area contributed by atoms with Crippen molar-refractivity contribution in [3.8, 4) is 5.75 Å². The summed E-state index contributed by atoms with van der Waals surface area (Å²) in [5, 5.41) is 6.26. The predicted octanol–water partition coefficient (Wildman–Crippen LogP) is 1.03. The zero-order valence-electron chi connectivity index (χ0n) is 14.1. The third-order valence-corrected chi connectivity index (χ3v) is 4.82. The van der Waals surface area contributed by atoms with Crippen LogP contribution < -0.4 is 15.4 Å². The summed E-state index contributed by atoms with van der Waals surface area (Å²) in [7, 11) is 1.58. The van der Waals surface area contributed by atoms with Crippen molar-refractivity contribution in [1.29, 1.82) is 0 Å². The molecular weight excluding hydrogens is 306 g/mol. The van der Waals surface area contributed by atoms with Gasteiger partial charge in [-0.05, 0) is 43.4 Å². The number of amides is 2. The third-order valence-electron chi connectivity index (χ3n) is 4.82. The third kappa shape index (κ3) is 3.87. The molecule has 2 saturated heterocycles. The van der Waals surface area contributed by atoms with E-state index in [1.54, 1.807) is 25.3 Å². The molecule has 1 aromatic rings. The Morgan fingerprint density at radius 3 is 2.88 bits per heavy atom. The normalized spacial score (nSPS) is 23.3. The van der Waals surface area contributed by atoms with Crippen LogP contribution in [0.4, 0.5) is 0 Å². The molecule has 0 bridgehead atoms. The molecule has 3 rings (SSSR count). The van der Waals surface area contributed by atoms with E-state index in [0.29, 0.717) is 17.9 Å². The Bertz CT molecular complexity index is 599. The zero-order chi connectivity index (χ0) is 16.9. The number of hydrogen-bond donors (Lipinski definition) is 2. The lowest BCUT2D eigenvalue weighted by molar-refractivity contribution is -0.132. The Labute approximate surface area is 142 Å². The molecule has 2 heterocycles. The highest BCUT2D eigenvalue weighted by Gasteiger charge is 2.33. The van der Waals surface area contributed by atoms with Gasteiger partial charge >= 0.3 is 0 Å². The minimum Gasteiger partial charge on any atom is -0.497 e. The SMILES string of the molecule is COc1cccc(C(=O)NC[C@@H]2CN[C@H](C(=O)N3CCCC3)C2)c1. The molecule has 0 aromatic heterocycles. The number of nitrogens with one attached hydrogen (secondary N) is 2. The molecule has 2 aliphatic rings. The van der Waals surface area contributed by atoms with E-state index in [9.17, 15) is 9.59 Å². The average molecular weight is 331 g/mol. The van der Waals surface area contributed by atoms with Crippen LogP contribution in [0.2, 0.25) is 0 Å². The largest absolute Gasteiger partial charge is 0.497 e. The quantitative estimate of drug-likeness (QED) is 0.845. The van der Waals surface area contributed by atoms with Crippen molar-refractivity contribution in [3.63, 3.8) is 0 Å². The Balaban J connectivity index is 1.47. The van der Waals surface area contributed by atoms with Gasteiger partial charge in [0.05, 0.1) is 13.2 Å². The summed E-state index contributed by atoms with van der Waals surface area (Å²) in [6, 6.07) is 7.01. The lowest BCUT2D eigenvalue weighted by Crippen LogP contribution is -2.42. The lowest BCUT2D eigenvalue weighted by Gasteiger charge is -2.20. The van der Waals surface area contributed by atoms with Crippen LogP contribution in [0.5, 0.6) is 5.75 Å². The van der Waals surface area contributed by atoms with E-state index in [0.717, 1.165) is 38.9 Å². The van der Waals surface area contributed by atoms with Crippen LogP contribution in [0.3, 0.4) is 0 Å². The van der Waals surface area contributed by atoms with E-state index >= 15 is 0 Å². The molecule has 2 amide bonds. The maximum absolute atomic E-state index is 12.4. The number of likely N-dealkylation sites (tertiary alicyclic amines) is 1. The van der Waals surface area contributed by atoms with Gasteiger partial charge in [0.2, 0.25) is 5.91 Å². The molecule has 0 saturated carbocycles. The van der Waals surface area contributed by atoms with Crippen molar-refractivity contribution in [2.75, 3.05) is 33.3 Å². The van der Waals surface area contributed by atoms with Crippen LogP contribution in [0.15, 0.2) is 24.3 Å². The highest BCUT2D eigenvalue weighted by molar-refractivity contribution is 5.94. The molecule has 0 aliphatic carbocycles. The zero-order valence-corrected chi connectivity index (χ0v) is 14.1. The number of carbonyl (C=O) groups excluding carboxylic acids is 2. The highest BCUT2D eigenvalue weighted by atomic mass is 16.5. The van der Waals surface area contributed by atoms with E-state index in [1.165, 1.54) is 0 Å². The molecule has 2 aliphatic heterocycles. The average Bonchev–Trinajstić information content (AvgIpc) is 3.31. The predicted molar refractivity (Wildman–Crippen MR) is 91.0 cm³/mol. The van der Waals surface area contributed by atoms with Crippen LogP contribution in [0.25, 0.3) is 0 Å². The van der Waals surface area contributed by atoms with E-state index < -0.39 is 0 Å². The first-order chi connectivity index (χ1) is 11.7. The second-order valence-electron chi connectivity index (χ2n) is 6.54. The molecule has 130 valence electrons. The Morgan fingerprint density at radius 2 is 2.12 bits per heavy atom. The maximum atomic E-state index is 12.4. The first kappa shape index (κ1) is 16.8. The van der Waals surface area contributed by atoms with Gasteiger partial charge < -0.3 is 20.3 Å². The van der Waals surface area contributed by atoms with Gasteiger partial charge in [0.1, 0.15) is 5.75 Å². The van der Waals surface area contributed by atoms with E-state index in [1.807, 2.05) is 11.0 Å². The Kier molecular flexibility index (Phi) is 5.35. The summed E-state index contributed by atoms with van der Waals surface area (Å²) in [5.41, 5.74) is 0.588. The van der Waals surface area contributed by atoms with Gasteiger partial charge in [0.25, 0.3) is 5.91 Å². The van der Waals surface area contributed by atoms with Crippen molar-refractivity contribution in [3.05, 3.63) is 29.8 Å². The van der Waals surface area contributed by atoms with Crippen LogP contribution in [0.1, 0.15) is 29.6 Å². The number of carbonyl (C=O) groups is 2. The fourth-order valence-electron chi connectivity index (χ4n) is 3.41. The molecular formula is C18H25N3O3. The minimum absolute atomic E-state index is 0.0955. The Morgan fingerprint density at radius 1 is 1.33 bits per heavy atom. The number of hydrogen-bond acceptors (Lipinski definition) is 4. The van der Waals surface area contributed by atoms with Crippen LogP contribution in [-0.2, 0) is 4.79 Å². The van der Waals surface area contributed by atoms with Crippen LogP contribution >= 0.6 is 0 Å². The number of nitrogens with zero attached hydrogens (tertiary/aromatic N) is 1. The van der Waals surface area contributed by atoms with Gasteiger partial charge in [-0.15, -0.1) is 0 Å². The fourth-order valence-corrected chi connectivity index (χ4v) is 3.41. The molecule has 6 nitrogen and oxygen atoms in total. The molecule has 24 heavy (non-hydrogen) atoms. The molecule has 2 atom stereocenters. The lowest BCUT2D eigenvalue weighted by atomic mass is 10.0. The number of ether oxygens (including phenoxy) is 1. The van der Waals surface area contributed by atoms with Gasteiger partial charge in [-0.25, -0.2) is 0 Å². The van der Waals surface area contributed by atoms with Crippen molar-refractivity contribution in [2.45, 2.75) is 25.3 Å². The number of benzene rings is 1. The van der Waals surface area contributed by atoms with Gasteiger partial charge in [-0.3, -0.25) is 9.59 Å². The fraction of sp³-hybridized carbons (Fsp3) is 0.556. The molecule has 0 spiro atoms. The van der Waals surface area contributed by atoms with Crippen molar-refractivity contribution in [2.24, 2.45) is 5.92 Å². The summed E-state index contributed by atoms with van der Waals surface area (Å²) < 4.78 is 5.14. The summed E-state index contributed by atoms with van der Waals surface area (Å²) in [4.78, 5) is 26.6. The van der Waals surface area contributed by atoms with Gasteiger partial charge in [-0.1, -0.05) is 6.07 Å². The Hall–Kier alpha value is -2.08. The molecule has 2 fully saturated rings. The van der Waals surface area contributed by atoms with Gasteiger partial charge in [0.15, 0.2) is 0 Å². The summed E-state index contributed by atoms with van der Waals surface area (Å²) in [6.07, 6.45) is 3.00. The first-order valence-corrected chi connectivity index (χ1v) is 8.62. The van der Waals surface area contributed by atoms with E-state index in [4.69, 9.17) is 4.74 Å². The van der Waals surface area contributed by atoms with Crippen LogP contribution in [0, 0.1) is 5.92 Å². The molecule has 0 radical (unpaired) electrons. The van der Waals surface area contributed by atoms with Gasteiger partial charge in [-0.2, -0.15) is 0 Å². The minimum atomic E-state index is -0.108. The topological polar surface area (TPSA) is 70.7 Å². The second kappa shape index (κ2) is 7.66. The molecule has 2 N–H and O–H groups in total. The highest BCUT2D eigenvalue weighted by Crippen LogP contribution is 2.18. The monoisotopic (exact) mass is 331 g/mol. The molecule has 6 heteroatoms. The summed E-state index contributed by atoms with van der Waals surface area (Å²) in [6.45, 7) is 3.11. The summed E-state index contributed by atoms with van der Waals surface area (Å²) in [5.74, 6) is 1.06. The van der Waals surface area contributed by atoms with E-state index in [2.05, 4.69) is 10.6 Å². The smallest absolute Gasteiger partial charge is 0.251 e. The summed E-state index contributed by atoms with van der Waals surface area (Å²) >= 11 is 0. The van der Waals surface area contributed by atoms with Gasteiger partial charge in [0, 0.05) is 31.7 Å². The maximum Gasteiger partial charge on any atom is 0.251 e. The number of methoxy groups -OCH3 is 1. The van der Waals surface area contributed by atoms with Crippen molar-refractivity contribution in [1.82, 2.24) is 15.5 Å². The van der Waals surface area contributed by atoms with Crippen molar-refractivity contribution >= 4 is 11.8 Å². The number of rotatable bonds is 5. The molecule has 1 aromatic carbocycles. The second-order valence-corrected chi connectivity index (χ2v) is 6.54. The van der Waals surface area contributed by atoms with Crippen LogP contribution in [-0.4, -0.2) is 56.0 Å².